The third kappa shape index (κ3) is 2.62. The minimum Gasteiger partial charge on any atom is -0.489 e. The first kappa shape index (κ1) is 17.2. The van der Waals surface area contributed by atoms with E-state index in [1.54, 1.807) is 0 Å². The van der Waals surface area contributed by atoms with Crippen LogP contribution in [0.15, 0.2) is 21.4 Å². The van der Waals surface area contributed by atoms with Crippen molar-refractivity contribution in [3.63, 3.8) is 0 Å². The highest BCUT2D eigenvalue weighted by atomic mass is 16.5. The average Bonchev–Trinajstić information content (AvgIpc) is 2.52. The molecule has 0 bridgehead atoms. The first-order valence-corrected chi connectivity index (χ1v) is 9.20. The first-order valence-electron chi connectivity index (χ1n) is 9.20. The quantitative estimate of drug-likeness (QED) is 0.819. The van der Waals surface area contributed by atoms with Crippen molar-refractivity contribution in [1.29, 1.82) is 0 Å². The van der Waals surface area contributed by atoms with Crippen LogP contribution >= 0.6 is 0 Å². The molecule has 0 amide bonds. The van der Waals surface area contributed by atoms with Crippen LogP contribution in [0.4, 0.5) is 0 Å². The topological polar surface area (TPSA) is 68.9 Å². The van der Waals surface area contributed by atoms with Gasteiger partial charge in [-0.25, -0.2) is 4.79 Å². The van der Waals surface area contributed by atoms with Crippen molar-refractivity contribution >= 4 is 17.0 Å². The number of aliphatic hydroxyl groups excluding tert-OH is 1. The monoisotopic (exact) mass is 356 g/mol. The lowest BCUT2D eigenvalue weighted by atomic mass is 9.89. The zero-order valence-corrected chi connectivity index (χ0v) is 15.6. The fourth-order valence-electron chi connectivity index (χ4n) is 3.88. The predicted molar refractivity (Wildman–Crippen MR) is 99.9 cm³/mol. The molecule has 0 unspecified atom stereocenters. The zero-order chi connectivity index (χ0) is 18.6. The Balaban J connectivity index is 2.16. The standard InChI is InChI=1S/C21H24O5/c1-5-6-12-10-15(23)25-20-16(12)19-13(7-8-21(3,4)26-19)18-17(20)14(22)9-11(2)24-18/h7-8,10-11,14,22H,5-6,9H2,1-4H3/t11-,14+/m1/s1. The van der Waals surface area contributed by atoms with Gasteiger partial charge in [-0.3, -0.25) is 0 Å². The van der Waals surface area contributed by atoms with Gasteiger partial charge in [0.25, 0.3) is 0 Å². The zero-order valence-electron chi connectivity index (χ0n) is 15.6. The summed E-state index contributed by atoms with van der Waals surface area (Å²) in [5.74, 6) is 1.22. The van der Waals surface area contributed by atoms with Gasteiger partial charge >= 0.3 is 5.63 Å². The van der Waals surface area contributed by atoms with Crippen LogP contribution in [0.3, 0.4) is 0 Å². The Hall–Kier alpha value is -2.27. The number of benzene rings is 1. The summed E-state index contributed by atoms with van der Waals surface area (Å²) >= 11 is 0. The Labute approximate surface area is 152 Å². The van der Waals surface area contributed by atoms with Gasteiger partial charge < -0.3 is 19.0 Å². The molecule has 1 aromatic carbocycles. The van der Waals surface area contributed by atoms with E-state index in [2.05, 4.69) is 6.92 Å². The molecular formula is C21H24O5. The van der Waals surface area contributed by atoms with Crippen molar-refractivity contribution in [2.24, 2.45) is 0 Å². The summed E-state index contributed by atoms with van der Waals surface area (Å²) in [7, 11) is 0. The van der Waals surface area contributed by atoms with Crippen molar-refractivity contribution < 1.29 is 19.0 Å². The van der Waals surface area contributed by atoms with E-state index in [9.17, 15) is 9.90 Å². The predicted octanol–water partition coefficient (Wildman–Crippen LogP) is 4.13. The maximum Gasteiger partial charge on any atom is 0.336 e. The molecule has 26 heavy (non-hydrogen) atoms. The molecule has 1 aromatic heterocycles. The lowest BCUT2D eigenvalue weighted by molar-refractivity contribution is 0.0741. The lowest BCUT2D eigenvalue weighted by Gasteiger charge is -2.34. The summed E-state index contributed by atoms with van der Waals surface area (Å²) in [6.45, 7) is 7.95. The molecule has 5 heteroatoms. The Kier molecular flexibility index (Phi) is 3.88. The third-order valence-electron chi connectivity index (χ3n) is 4.99. The smallest absolute Gasteiger partial charge is 0.336 e. The second kappa shape index (κ2) is 5.88. The van der Waals surface area contributed by atoms with E-state index in [0.29, 0.717) is 29.1 Å². The number of hydrogen-bond acceptors (Lipinski definition) is 5. The Morgan fingerprint density at radius 3 is 2.81 bits per heavy atom. The maximum absolute atomic E-state index is 12.2. The summed E-state index contributed by atoms with van der Waals surface area (Å²) in [5.41, 5.74) is 1.74. The van der Waals surface area contributed by atoms with Crippen molar-refractivity contribution in [3.8, 4) is 11.5 Å². The fourth-order valence-corrected chi connectivity index (χ4v) is 3.88. The van der Waals surface area contributed by atoms with Gasteiger partial charge in [-0.05, 0) is 44.9 Å². The van der Waals surface area contributed by atoms with Crippen LogP contribution < -0.4 is 15.1 Å². The number of fused-ring (bicyclic) bond motifs is 6. The second-order valence-corrected chi connectivity index (χ2v) is 7.75. The number of hydrogen-bond donors (Lipinski definition) is 1. The van der Waals surface area contributed by atoms with Crippen LogP contribution in [-0.2, 0) is 6.42 Å². The molecule has 4 rings (SSSR count). The van der Waals surface area contributed by atoms with Crippen LogP contribution in [0.2, 0.25) is 0 Å². The summed E-state index contributed by atoms with van der Waals surface area (Å²) < 4.78 is 17.9. The molecule has 2 aliphatic heterocycles. The van der Waals surface area contributed by atoms with E-state index in [4.69, 9.17) is 13.9 Å². The molecule has 0 saturated heterocycles. The van der Waals surface area contributed by atoms with E-state index in [1.807, 2.05) is 32.9 Å². The van der Waals surface area contributed by atoms with Gasteiger partial charge in [0.15, 0.2) is 5.58 Å². The van der Waals surface area contributed by atoms with Crippen LogP contribution in [0.25, 0.3) is 17.0 Å². The molecule has 5 nitrogen and oxygen atoms in total. The van der Waals surface area contributed by atoms with E-state index < -0.39 is 17.3 Å². The van der Waals surface area contributed by atoms with Crippen LogP contribution in [0.5, 0.6) is 11.5 Å². The highest BCUT2D eigenvalue weighted by molar-refractivity contribution is 5.97. The molecule has 0 aliphatic carbocycles. The van der Waals surface area contributed by atoms with Gasteiger partial charge in [-0.15, -0.1) is 0 Å². The average molecular weight is 356 g/mol. The maximum atomic E-state index is 12.2. The fraction of sp³-hybridized carbons (Fsp3) is 0.476. The summed E-state index contributed by atoms with van der Waals surface area (Å²) in [5, 5.41) is 11.5. The molecule has 0 radical (unpaired) electrons. The molecule has 1 N–H and O–H groups in total. The number of ether oxygens (including phenoxy) is 2. The highest BCUT2D eigenvalue weighted by Crippen LogP contribution is 2.51. The normalized spacial score (nSPS) is 23.1. The van der Waals surface area contributed by atoms with Gasteiger partial charge in [0, 0.05) is 12.5 Å². The molecule has 2 aliphatic rings. The van der Waals surface area contributed by atoms with Crippen molar-refractivity contribution in [2.45, 2.75) is 64.8 Å². The molecule has 2 atom stereocenters. The summed E-state index contributed by atoms with van der Waals surface area (Å²) in [6.07, 6.45) is 5.17. The minimum absolute atomic E-state index is 0.132. The largest absolute Gasteiger partial charge is 0.489 e. The van der Waals surface area contributed by atoms with Gasteiger partial charge in [0.1, 0.15) is 17.1 Å². The molecule has 3 heterocycles. The molecule has 0 spiro atoms. The number of aryl methyl sites for hydroxylation is 1. The first-order chi connectivity index (χ1) is 12.3. The molecule has 0 fully saturated rings. The van der Waals surface area contributed by atoms with Crippen LogP contribution in [0.1, 0.15) is 63.3 Å². The third-order valence-corrected chi connectivity index (χ3v) is 4.99. The van der Waals surface area contributed by atoms with E-state index in [-0.39, 0.29) is 6.10 Å². The Morgan fingerprint density at radius 2 is 2.08 bits per heavy atom. The van der Waals surface area contributed by atoms with E-state index in [1.165, 1.54) is 6.07 Å². The molecular weight excluding hydrogens is 332 g/mol. The Bertz CT molecular complexity index is 967. The van der Waals surface area contributed by atoms with Gasteiger partial charge in [0.05, 0.1) is 28.7 Å². The molecule has 138 valence electrons. The number of rotatable bonds is 2. The minimum atomic E-state index is -0.745. The van der Waals surface area contributed by atoms with Gasteiger partial charge in [-0.2, -0.15) is 0 Å². The van der Waals surface area contributed by atoms with Crippen molar-refractivity contribution in [1.82, 2.24) is 0 Å². The summed E-state index contributed by atoms with van der Waals surface area (Å²) in [4.78, 5) is 12.2. The SMILES string of the molecule is CCCc1cc(=O)oc2c3c(c4c(c12)OC(C)(C)C=C4)O[C@H](C)C[C@@H]3O. The molecule has 0 saturated carbocycles. The Morgan fingerprint density at radius 1 is 1.31 bits per heavy atom. The lowest BCUT2D eigenvalue weighted by Crippen LogP contribution is -2.30. The number of aliphatic hydroxyl groups is 1. The second-order valence-electron chi connectivity index (χ2n) is 7.75. The molecule has 2 aromatic rings. The highest BCUT2D eigenvalue weighted by Gasteiger charge is 2.36. The van der Waals surface area contributed by atoms with Crippen molar-refractivity contribution in [3.05, 3.63) is 39.3 Å². The van der Waals surface area contributed by atoms with Crippen LogP contribution in [-0.4, -0.2) is 16.8 Å². The van der Waals surface area contributed by atoms with Gasteiger partial charge in [0.2, 0.25) is 0 Å². The van der Waals surface area contributed by atoms with Gasteiger partial charge in [-0.1, -0.05) is 13.3 Å². The van der Waals surface area contributed by atoms with Crippen LogP contribution in [0, 0.1) is 0 Å². The van der Waals surface area contributed by atoms with E-state index in [0.717, 1.165) is 29.4 Å². The van der Waals surface area contributed by atoms with Crippen molar-refractivity contribution in [2.75, 3.05) is 0 Å². The van der Waals surface area contributed by atoms with E-state index >= 15 is 0 Å². The summed E-state index contributed by atoms with van der Waals surface area (Å²) in [6, 6.07) is 1.53.